The van der Waals surface area contributed by atoms with Crippen molar-refractivity contribution in [1.82, 2.24) is 35.7 Å². The molecule has 2 N–H and O–H groups in total. The minimum Gasteiger partial charge on any atom is -0.493 e. The highest BCUT2D eigenvalue weighted by Crippen LogP contribution is 2.35. The summed E-state index contributed by atoms with van der Waals surface area (Å²) in [5, 5.41) is 16.5. The van der Waals surface area contributed by atoms with Crippen molar-refractivity contribution in [2.45, 2.75) is 44.4 Å². The topological polar surface area (TPSA) is 97.2 Å². The quantitative estimate of drug-likeness (QED) is 0.523. The fourth-order valence-electron chi connectivity index (χ4n) is 5.08. The smallest absolute Gasteiger partial charge is 0.453 e. The molecule has 0 spiro atoms. The molecule has 12 heteroatoms. The van der Waals surface area contributed by atoms with Crippen LogP contribution in [-0.4, -0.2) is 63.4 Å². The minimum absolute atomic E-state index is 0.0473. The third kappa shape index (κ3) is 5.24. The fourth-order valence-corrected chi connectivity index (χ4v) is 5.08. The number of nitrogens with zero attached hydrogens (tertiary/aromatic N) is 5. The number of piperidine rings is 1. The van der Waals surface area contributed by atoms with Gasteiger partial charge in [-0.05, 0) is 47.0 Å². The van der Waals surface area contributed by atoms with Crippen LogP contribution >= 0.6 is 0 Å². The van der Waals surface area contributed by atoms with E-state index in [4.69, 9.17) is 4.74 Å². The van der Waals surface area contributed by atoms with Crippen molar-refractivity contribution >= 4 is 6.03 Å². The standard InChI is InChI=1S/C25H28F3N7O2/c1-2-29-24(36)34-10-8-21(20(15-34)16-6-4-3-5-7-16)30-14-18-13-19(12-17-9-11-37-22(17)18)35-23(25(26,27)28)31-32-33-35/h3-7,12-13,20-21,30H,2,8-11,14-15H2,1H3,(H,29,36)/t20-,21-/m1/s1. The summed E-state index contributed by atoms with van der Waals surface area (Å²) in [6, 6.07) is 13.3. The molecule has 2 aromatic carbocycles. The van der Waals surface area contributed by atoms with Gasteiger partial charge in [-0.3, -0.25) is 0 Å². The second-order valence-electron chi connectivity index (χ2n) is 9.18. The van der Waals surface area contributed by atoms with Gasteiger partial charge in [0.15, 0.2) is 0 Å². The number of halogens is 3. The summed E-state index contributed by atoms with van der Waals surface area (Å²) in [4.78, 5) is 14.3. The Kier molecular flexibility index (Phi) is 7.00. The van der Waals surface area contributed by atoms with E-state index in [1.807, 2.05) is 30.0 Å². The molecule has 3 heterocycles. The summed E-state index contributed by atoms with van der Waals surface area (Å²) in [6.45, 7) is 4.46. The molecule has 2 amide bonds. The maximum Gasteiger partial charge on any atom is 0.453 e. The second kappa shape index (κ2) is 10.4. The van der Waals surface area contributed by atoms with Crippen LogP contribution < -0.4 is 15.4 Å². The summed E-state index contributed by atoms with van der Waals surface area (Å²) < 4.78 is 46.9. The van der Waals surface area contributed by atoms with Gasteiger partial charge in [0.25, 0.3) is 5.82 Å². The van der Waals surface area contributed by atoms with Gasteiger partial charge in [0.05, 0.1) is 12.3 Å². The van der Waals surface area contributed by atoms with Gasteiger partial charge in [0.1, 0.15) is 5.75 Å². The number of aromatic nitrogens is 4. The Hall–Kier alpha value is -3.67. The number of likely N-dealkylation sites (tertiary alicyclic amines) is 1. The molecule has 3 aromatic rings. The third-order valence-corrected chi connectivity index (χ3v) is 6.82. The highest BCUT2D eigenvalue weighted by atomic mass is 19.4. The first-order chi connectivity index (χ1) is 17.8. The van der Waals surface area contributed by atoms with E-state index in [1.165, 1.54) is 0 Å². The molecule has 196 valence electrons. The monoisotopic (exact) mass is 515 g/mol. The van der Waals surface area contributed by atoms with E-state index in [1.54, 1.807) is 12.1 Å². The van der Waals surface area contributed by atoms with E-state index in [-0.39, 0.29) is 23.7 Å². The molecule has 0 bridgehead atoms. The van der Waals surface area contributed by atoms with Crippen LogP contribution in [0.15, 0.2) is 42.5 Å². The number of benzene rings is 2. The van der Waals surface area contributed by atoms with Crippen molar-refractivity contribution in [2.24, 2.45) is 0 Å². The number of hydrogen-bond acceptors (Lipinski definition) is 6. The first-order valence-electron chi connectivity index (χ1n) is 12.3. The number of rotatable bonds is 6. The number of tetrazole rings is 1. The van der Waals surface area contributed by atoms with Gasteiger partial charge < -0.3 is 20.3 Å². The average molecular weight is 516 g/mol. The van der Waals surface area contributed by atoms with Crippen molar-refractivity contribution in [2.75, 3.05) is 26.2 Å². The largest absolute Gasteiger partial charge is 0.493 e. The fraction of sp³-hybridized carbons (Fsp3) is 0.440. The van der Waals surface area contributed by atoms with E-state index in [9.17, 15) is 18.0 Å². The number of carbonyl (C=O) groups excluding carboxylic acids is 1. The molecule has 0 unspecified atom stereocenters. The molecule has 0 saturated carbocycles. The van der Waals surface area contributed by atoms with E-state index in [2.05, 4.69) is 38.3 Å². The number of nitrogens with one attached hydrogen (secondary N) is 2. The number of carbonyl (C=O) groups is 1. The molecule has 2 aliphatic heterocycles. The Morgan fingerprint density at radius 1 is 1.22 bits per heavy atom. The third-order valence-electron chi connectivity index (χ3n) is 6.82. The average Bonchev–Trinajstić information content (AvgIpc) is 3.58. The van der Waals surface area contributed by atoms with Crippen LogP contribution in [0.2, 0.25) is 0 Å². The van der Waals surface area contributed by atoms with Crippen molar-refractivity contribution in [3.05, 3.63) is 65.0 Å². The van der Waals surface area contributed by atoms with Gasteiger partial charge in [-0.25, -0.2) is 4.79 Å². The zero-order chi connectivity index (χ0) is 26.0. The van der Waals surface area contributed by atoms with Crippen LogP contribution in [0.25, 0.3) is 5.69 Å². The maximum absolute atomic E-state index is 13.4. The molecule has 37 heavy (non-hydrogen) atoms. The van der Waals surface area contributed by atoms with Gasteiger partial charge >= 0.3 is 12.2 Å². The Morgan fingerprint density at radius 2 is 2.03 bits per heavy atom. The Labute approximate surface area is 212 Å². The highest BCUT2D eigenvalue weighted by Gasteiger charge is 2.39. The Balaban J connectivity index is 1.40. The molecule has 2 aliphatic rings. The zero-order valence-electron chi connectivity index (χ0n) is 20.3. The molecule has 2 atom stereocenters. The first-order valence-corrected chi connectivity index (χ1v) is 12.3. The number of fused-ring (bicyclic) bond motifs is 1. The highest BCUT2D eigenvalue weighted by molar-refractivity contribution is 5.74. The summed E-state index contributed by atoms with van der Waals surface area (Å²) >= 11 is 0. The van der Waals surface area contributed by atoms with Crippen LogP contribution in [0.3, 0.4) is 0 Å². The van der Waals surface area contributed by atoms with Crippen LogP contribution in [0.1, 0.15) is 41.8 Å². The normalized spacial score (nSPS) is 19.4. The maximum atomic E-state index is 13.4. The van der Waals surface area contributed by atoms with Crippen LogP contribution in [0, 0.1) is 0 Å². The van der Waals surface area contributed by atoms with E-state index in [0.29, 0.717) is 45.0 Å². The molecule has 9 nitrogen and oxygen atoms in total. The van der Waals surface area contributed by atoms with E-state index < -0.39 is 12.0 Å². The van der Waals surface area contributed by atoms with Crippen molar-refractivity contribution < 1.29 is 22.7 Å². The molecule has 1 saturated heterocycles. The summed E-state index contributed by atoms with van der Waals surface area (Å²) in [5.74, 6) is -0.438. The van der Waals surface area contributed by atoms with Gasteiger partial charge in [-0.2, -0.15) is 17.9 Å². The van der Waals surface area contributed by atoms with E-state index in [0.717, 1.165) is 27.8 Å². The molecule has 1 aromatic heterocycles. The Bertz CT molecular complexity index is 1250. The number of alkyl halides is 3. The lowest BCUT2D eigenvalue weighted by molar-refractivity contribution is -0.146. The summed E-state index contributed by atoms with van der Waals surface area (Å²) in [6.07, 6.45) is -3.36. The molecular weight excluding hydrogens is 487 g/mol. The molecular formula is C25H28F3N7O2. The van der Waals surface area contributed by atoms with E-state index >= 15 is 0 Å². The Morgan fingerprint density at radius 3 is 2.78 bits per heavy atom. The number of amides is 2. The number of hydrogen-bond donors (Lipinski definition) is 2. The summed E-state index contributed by atoms with van der Waals surface area (Å²) in [5.41, 5.74) is 2.92. The lowest BCUT2D eigenvalue weighted by Gasteiger charge is -2.39. The number of ether oxygens (including phenoxy) is 1. The number of urea groups is 1. The SMILES string of the molecule is CCNC(=O)N1CC[C@@H](NCc2cc(-n3nnnc3C(F)(F)F)cc3c2OCC3)[C@@H](c2ccccc2)C1. The molecule has 0 radical (unpaired) electrons. The van der Waals surface area contributed by atoms with Crippen molar-refractivity contribution in [3.63, 3.8) is 0 Å². The summed E-state index contributed by atoms with van der Waals surface area (Å²) in [7, 11) is 0. The van der Waals surface area contributed by atoms with Crippen molar-refractivity contribution in [3.8, 4) is 11.4 Å². The predicted octanol–water partition coefficient (Wildman–Crippen LogP) is 3.29. The van der Waals surface area contributed by atoms with Gasteiger partial charge in [-0.1, -0.05) is 30.3 Å². The van der Waals surface area contributed by atoms with Crippen LogP contribution in [0.5, 0.6) is 5.75 Å². The van der Waals surface area contributed by atoms with Crippen molar-refractivity contribution in [1.29, 1.82) is 0 Å². The lowest BCUT2D eigenvalue weighted by Crippen LogP contribution is -2.52. The van der Waals surface area contributed by atoms with Gasteiger partial charge in [0.2, 0.25) is 0 Å². The van der Waals surface area contributed by atoms with Crippen LogP contribution in [0.4, 0.5) is 18.0 Å². The lowest BCUT2D eigenvalue weighted by atomic mass is 9.86. The van der Waals surface area contributed by atoms with Gasteiger partial charge in [-0.15, -0.1) is 5.10 Å². The second-order valence-corrected chi connectivity index (χ2v) is 9.18. The minimum atomic E-state index is -4.68. The first kappa shape index (κ1) is 25.0. The predicted molar refractivity (Wildman–Crippen MR) is 128 cm³/mol. The van der Waals surface area contributed by atoms with Crippen LogP contribution in [-0.2, 0) is 19.1 Å². The molecule has 5 rings (SSSR count). The van der Waals surface area contributed by atoms with Gasteiger partial charge in [0, 0.05) is 50.1 Å². The zero-order valence-corrected chi connectivity index (χ0v) is 20.3. The molecule has 0 aliphatic carbocycles. The molecule has 1 fully saturated rings.